The van der Waals surface area contributed by atoms with Crippen LogP contribution in [0.25, 0.3) is 22.4 Å². The first-order valence-electron chi connectivity index (χ1n) is 18.7. The summed E-state index contributed by atoms with van der Waals surface area (Å²) in [5, 5.41) is 14.0. The van der Waals surface area contributed by atoms with Crippen LogP contribution in [0.1, 0.15) is 73.3 Å². The molecule has 7 rings (SSSR count). The molecule has 1 saturated carbocycles. The van der Waals surface area contributed by atoms with Crippen molar-refractivity contribution in [3.63, 3.8) is 0 Å². The van der Waals surface area contributed by atoms with E-state index in [1.54, 1.807) is 14.2 Å². The van der Waals surface area contributed by atoms with Gasteiger partial charge in [0.15, 0.2) is 0 Å². The number of carboxylic acids is 1. The summed E-state index contributed by atoms with van der Waals surface area (Å²) in [6.45, 7) is 3.44. The van der Waals surface area contributed by atoms with Gasteiger partial charge in [0.05, 0.1) is 30.9 Å². The van der Waals surface area contributed by atoms with Crippen LogP contribution in [-0.4, -0.2) is 65.6 Å². The Kier molecular flexibility index (Phi) is 12.0. The maximum Gasteiger partial charge on any atom is 0.306 e. The van der Waals surface area contributed by atoms with E-state index in [0.29, 0.717) is 84.7 Å². The van der Waals surface area contributed by atoms with E-state index in [0.717, 1.165) is 83.4 Å². The first-order valence-corrected chi connectivity index (χ1v) is 19.5. The number of halogens is 2. The number of carbonyl (C=O) groups excluding carboxylic acids is 1. The second kappa shape index (κ2) is 17.1. The minimum absolute atomic E-state index is 0.262. The first-order chi connectivity index (χ1) is 26.2. The van der Waals surface area contributed by atoms with Crippen molar-refractivity contribution in [1.82, 2.24) is 20.2 Å². The smallest absolute Gasteiger partial charge is 0.306 e. The van der Waals surface area contributed by atoms with Gasteiger partial charge in [-0.1, -0.05) is 65.7 Å². The van der Waals surface area contributed by atoms with E-state index in [9.17, 15) is 14.7 Å². The van der Waals surface area contributed by atoms with E-state index in [1.807, 2.05) is 42.5 Å². The average Bonchev–Trinajstić information content (AvgIpc) is 3.70. The molecule has 3 atom stereocenters. The molecule has 0 bridgehead atoms. The molecule has 1 aliphatic heterocycles. The highest BCUT2D eigenvalue weighted by molar-refractivity contribution is 6.36. The lowest BCUT2D eigenvalue weighted by Gasteiger charge is -2.22. The van der Waals surface area contributed by atoms with Crippen LogP contribution in [0.4, 0.5) is 0 Å². The fourth-order valence-corrected chi connectivity index (χ4v) is 8.68. The molecule has 2 aromatic heterocycles. The average molecular weight is 774 g/mol. The summed E-state index contributed by atoms with van der Waals surface area (Å²) in [7, 11) is 3.21. The summed E-state index contributed by atoms with van der Waals surface area (Å²) >= 11 is 14.0. The third-order valence-electron chi connectivity index (χ3n) is 11.0. The molecule has 2 fully saturated rings. The lowest BCUT2D eigenvalue weighted by molar-refractivity contribution is -0.142. The number of hydrogen-bond donors (Lipinski definition) is 2. The molecule has 2 N–H and O–H groups in total. The number of pyridine rings is 2. The maximum absolute atomic E-state index is 11.7. The number of Topliss-reactive ketones (excluding diaryl/α,β-unsaturated/α-hetero) is 1. The second-order valence-corrected chi connectivity index (χ2v) is 15.3. The van der Waals surface area contributed by atoms with Crippen molar-refractivity contribution in [1.29, 1.82) is 0 Å². The number of nitrogens with zero attached hydrogens (tertiary/aromatic N) is 3. The van der Waals surface area contributed by atoms with E-state index >= 15 is 0 Å². The molecule has 3 aliphatic rings. The molecule has 10 nitrogen and oxygen atoms in total. The van der Waals surface area contributed by atoms with Gasteiger partial charge in [-0.2, -0.15) is 4.98 Å². The number of benzene rings is 2. The number of methoxy groups -OCH3 is 2. The normalized spacial score (nSPS) is 20.1. The highest BCUT2D eigenvalue weighted by atomic mass is 35.5. The molecule has 0 spiro atoms. The number of aromatic nitrogens is 2. The van der Waals surface area contributed by atoms with Gasteiger partial charge in [-0.3, -0.25) is 14.5 Å². The third-order valence-corrected chi connectivity index (χ3v) is 11.7. The number of likely N-dealkylation sites (tertiary alicyclic amines) is 1. The molecule has 1 unspecified atom stereocenters. The standard InChI is InChI=1S/C42H46Cl2N4O6/c1-52-39-27(23-45-22-25-11-13-29(49)20-25)12-15-36(46-39)34-10-4-9-33(38(34)44)30-7-3-8-32-31(30)14-16-37(32)54-41-35(43)21-28(40(47-41)53-2)24-48-18-5-6-26(17-19-48)42(50)51/h3-4,7-10,12,15,21,25-26,37,45H,5-6,11,13-14,16-20,22-24H2,1-2H3,(H,50,51)/t25-,26?,37+/m1/s1. The molecular weight excluding hydrogens is 727 g/mol. The van der Waals surface area contributed by atoms with Gasteiger partial charge in [0.2, 0.25) is 17.6 Å². The summed E-state index contributed by atoms with van der Waals surface area (Å²) in [5.41, 5.74) is 7.49. The van der Waals surface area contributed by atoms with Crippen LogP contribution < -0.4 is 19.5 Å². The van der Waals surface area contributed by atoms with E-state index in [1.165, 1.54) is 0 Å². The monoisotopic (exact) mass is 772 g/mol. The Morgan fingerprint density at radius 1 is 0.889 bits per heavy atom. The molecule has 284 valence electrons. The van der Waals surface area contributed by atoms with Crippen LogP contribution >= 0.6 is 23.2 Å². The number of aliphatic carboxylic acids is 1. The number of ketones is 1. The number of hydrogen-bond acceptors (Lipinski definition) is 9. The molecule has 2 aromatic carbocycles. The molecule has 0 radical (unpaired) electrons. The molecule has 1 saturated heterocycles. The molecule has 54 heavy (non-hydrogen) atoms. The quantitative estimate of drug-likeness (QED) is 0.137. The maximum atomic E-state index is 11.7. The number of carbonyl (C=O) groups is 2. The van der Waals surface area contributed by atoms with Crippen LogP contribution in [0.5, 0.6) is 17.6 Å². The number of ether oxygens (including phenoxy) is 3. The van der Waals surface area contributed by atoms with Gasteiger partial charge in [0.1, 0.15) is 16.9 Å². The number of rotatable bonds is 13. The van der Waals surface area contributed by atoms with Crippen LogP contribution in [-0.2, 0) is 29.1 Å². The highest BCUT2D eigenvalue weighted by Crippen LogP contribution is 2.45. The van der Waals surface area contributed by atoms with Crippen LogP contribution in [0.3, 0.4) is 0 Å². The third kappa shape index (κ3) is 8.37. The number of nitrogens with one attached hydrogen (secondary N) is 1. The van der Waals surface area contributed by atoms with Gasteiger partial charge in [0.25, 0.3) is 0 Å². The Morgan fingerprint density at radius 2 is 1.67 bits per heavy atom. The van der Waals surface area contributed by atoms with E-state index in [2.05, 4.69) is 22.3 Å². The van der Waals surface area contributed by atoms with Gasteiger partial charge < -0.3 is 24.6 Å². The Hall–Kier alpha value is -4.22. The summed E-state index contributed by atoms with van der Waals surface area (Å²) in [6.07, 6.45) is 5.68. The lowest BCUT2D eigenvalue weighted by atomic mass is 9.94. The number of carboxylic acid groups (broad SMARTS) is 1. The fraction of sp³-hybridized carbons (Fsp3) is 0.429. The molecule has 12 heteroatoms. The molecule has 3 heterocycles. The Labute approximate surface area is 326 Å². The highest BCUT2D eigenvalue weighted by Gasteiger charge is 2.30. The zero-order valence-corrected chi connectivity index (χ0v) is 32.2. The van der Waals surface area contributed by atoms with Crippen LogP contribution in [0, 0.1) is 11.8 Å². The Morgan fingerprint density at radius 3 is 2.44 bits per heavy atom. The molecule has 4 aromatic rings. The zero-order chi connectivity index (χ0) is 37.8. The van der Waals surface area contributed by atoms with Crippen molar-refractivity contribution >= 4 is 35.0 Å². The SMILES string of the molecule is COc1nc(-c2cccc(-c3cccc4c3CC[C@@H]4Oc3nc(OC)c(CN4CCCC(C(=O)O)CC4)cc3Cl)c2Cl)ccc1CNC[C@@H]1CCC(=O)C1. The predicted octanol–water partition coefficient (Wildman–Crippen LogP) is 8.35. The number of fused-ring (bicyclic) bond motifs is 1. The van der Waals surface area contributed by atoms with Gasteiger partial charge in [0, 0.05) is 48.2 Å². The summed E-state index contributed by atoms with van der Waals surface area (Å²) in [4.78, 5) is 35.0. The van der Waals surface area contributed by atoms with Crippen molar-refractivity contribution in [2.24, 2.45) is 11.8 Å². The summed E-state index contributed by atoms with van der Waals surface area (Å²) in [6, 6.07) is 18.1. The minimum atomic E-state index is -0.724. The van der Waals surface area contributed by atoms with Crippen molar-refractivity contribution in [3.05, 3.63) is 86.9 Å². The minimum Gasteiger partial charge on any atom is -0.481 e. The topological polar surface area (TPSA) is 123 Å². The Bertz CT molecular complexity index is 2030. The van der Waals surface area contributed by atoms with Crippen molar-refractivity contribution in [2.75, 3.05) is 33.9 Å². The van der Waals surface area contributed by atoms with Crippen LogP contribution in [0.2, 0.25) is 10.0 Å². The van der Waals surface area contributed by atoms with Crippen molar-refractivity contribution in [3.8, 4) is 40.0 Å². The van der Waals surface area contributed by atoms with E-state index in [4.69, 9.17) is 47.4 Å². The van der Waals surface area contributed by atoms with Gasteiger partial charge in [-0.05, 0) is 92.9 Å². The summed E-state index contributed by atoms with van der Waals surface area (Å²) < 4.78 is 17.9. The lowest BCUT2D eigenvalue weighted by Crippen LogP contribution is -2.25. The van der Waals surface area contributed by atoms with Crippen LogP contribution in [0.15, 0.2) is 54.6 Å². The van der Waals surface area contributed by atoms with Crippen molar-refractivity contribution < 1.29 is 28.9 Å². The van der Waals surface area contributed by atoms with Gasteiger partial charge in [-0.25, -0.2) is 4.98 Å². The zero-order valence-electron chi connectivity index (χ0n) is 30.7. The largest absolute Gasteiger partial charge is 0.481 e. The molecule has 0 amide bonds. The second-order valence-electron chi connectivity index (χ2n) is 14.5. The molecular formula is C42H46Cl2N4O6. The predicted molar refractivity (Wildman–Crippen MR) is 208 cm³/mol. The first kappa shape index (κ1) is 38.1. The Balaban J connectivity index is 1.07. The molecule has 2 aliphatic carbocycles. The fourth-order valence-electron chi connectivity index (χ4n) is 8.14. The van der Waals surface area contributed by atoms with Gasteiger partial charge >= 0.3 is 5.97 Å². The van der Waals surface area contributed by atoms with Crippen molar-refractivity contribution in [2.45, 2.75) is 70.6 Å². The van der Waals surface area contributed by atoms with Gasteiger partial charge in [-0.15, -0.1) is 0 Å². The summed E-state index contributed by atoms with van der Waals surface area (Å²) in [5.74, 6) is 1.01. The van der Waals surface area contributed by atoms with E-state index < -0.39 is 5.97 Å². The van der Waals surface area contributed by atoms with E-state index in [-0.39, 0.29) is 12.0 Å².